The highest BCUT2D eigenvalue weighted by molar-refractivity contribution is 5.66. The molecule has 0 amide bonds. The first-order chi connectivity index (χ1) is 15.4. The third kappa shape index (κ3) is 11.5. The average molecular weight is 223 g/mol. The molecule has 1 N–H and O–H groups in total. The van der Waals surface area contributed by atoms with Crippen molar-refractivity contribution in [3.05, 3.63) is 0 Å². The smallest absolute Gasteiger partial charge is 0.303 e. The highest BCUT2D eigenvalue weighted by Gasteiger charge is 1.96. The molecule has 0 radical (unpaired) electrons. The molecule has 0 aromatic carbocycles. The molecular formula is C12H24O2. The molecule has 0 spiro atoms. The number of hydrogen-bond donors (Lipinski definition) is 1. The van der Waals surface area contributed by atoms with Crippen molar-refractivity contribution in [3.8, 4) is 0 Å². The van der Waals surface area contributed by atoms with E-state index in [4.69, 9.17) is 36.6 Å². The second-order valence-electron chi connectivity index (χ2n) is 1.56. The van der Waals surface area contributed by atoms with Crippen LogP contribution in [0.3, 0.4) is 0 Å². The molecule has 0 aromatic heterocycles. The molecule has 0 aromatic rings. The van der Waals surface area contributed by atoms with Crippen LogP contribution in [0.15, 0.2) is 0 Å². The molecule has 2 nitrogen and oxygen atoms in total. The van der Waals surface area contributed by atoms with Crippen LogP contribution in [0.5, 0.6) is 0 Å². The van der Waals surface area contributed by atoms with E-state index in [9.17, 15) is 4.79 Å². The molecule has 0 rings (SSSR count). The van der Waals surface area contributed by atoms with Crippen molar-refractivity contribution in [1.29, 1.82) is 0 Å². The van der Waals surface area contributed by atoms with E-state index in [-0.39, 0.29) is 0 Å². The summed E-state index contributed by atoms with van der Waals surface area (Å²) in [6.07, 6.45) is -46.0. The Bertz CT molecular complexity index is 879. The Balaban J connectivity index is 7.25. The molecule has 0 heterocycles. The first-order valence-electron chi connectivity index (χ1n) is 14.7. The van der Waals surface area contributed by atoms with E-state index in [1.54, 1.807) is 0 Å². The molecule has 2 heteroatoms. The monoisotopic (exact) mass is 223 g/mol. The summed E-state index contributed by atoms with van der Waals surface area (Å²) >= 11 is 0. The van der Waals surface area contributed by atoms with E-state index in [1.807, 2.05) is 0 Å². The highest BCUT2D eigenvalue weighted by atomic mass is 16.4. The van der Waals surface area contributed by atoms with Gasteiger partial charge in [-0.3, -0.25) is 4.79 Å². The van der Waals surface area contributed by atoms with Gasteiger partial charge in [0, 0.05) is 37.9 Å². The van der Waals surface area contributed by atoms with Gasteiger partial charge in [-0.05, 0) is 6.37 Å². The molecule has 0 atom stereocenters. The van der Waals surface area contributed by atoms with Gasteiger partial charge in [-0.2, -0.15) is 0 Å². The largest absolute Gasteiger partial charge is 0.481 e. The zero-order chi connectivity index (χ0) is 31.1. The van der Waals surface area contributed by atoms with Crippen LogP contribution >= 0.6 is 0 Å². The lowest BCUT2D eigenvalue weighted by molar-refractivity contribution is -0.137. The maximum absolute atomic E-state index is 11.2. The van der Waals surface area contributed by atoms with Crippen LogP contribution in [0.25, 0.3) is 0 Å². The van der Waals surface area contributed by atoms with Crippen LogP contribution in [0, 0.1) is 0 Å². The molecule has 0 saturated carbocycles. The fourth-order valence-electron chi connectivity index (χ4n) is 0.303. The number of carbonyl (C=O) groups is 1. The topological polar surface area (TPSA) is 37.3 Å². The van der Waals surface area contributed by atoms with Crippen molar-refractivity contribution in [2.24, 2.45) is 0 Å². The Morgan fingerprint density at radius 3 is 2.07 bits per heavy atom. The van der Waals surface area contributed by atoms with E-state index in [2.05, 4.69) is 0 Å². The number of aliphatic carboxylic acids is 1. The third-order valence-corrected chi connectivity index (χ3v) is 0.669. The minimum Gasteiger partial charge on any atom is -0.481 e. The Morgan fingerprint density at radius 1 is 1.07 bits per heavy atom. The third-order valence-electron chi connectivity index (χ3n) is 0.669. The molecule has 0 fully saturated rings. The predicted octanol–water partition coefficient (Wildman–Crippen LogP) is 3.99. The fraction of sp³-hybridized carbons (Fsp3) is 0.917. The summed E-state index contributed by atoms with van der Waals surface area (Å²) in [5.74, 6) is -2.67. The minimum absolute atomic E-state index is 2.67. The predicted molar refractivity (Wildman–Crippen MR) is 59.5 cm³/mol. The van der Waals surface area contributed by atoms with Crippen LogP contribution in [-0.4, -0.2) is 11.1 Å². The number of carboxylic acids is 1. The molecular weight excluding hydrogens is 176 g/mol. The standard InChI is InChI=1S/C12H24O2/c1-2-3-4-5-6-7-8-9-10-11-12(13)14/h2-11H2,1H3,(H,13,14)/i1D3,2D2,3D2,4D2,5D2,6D2,7D2,8D2,9D2,10D2,11D2. The Kier molecular flexibility index (Phi) is 1.25. The zero-order valence-electron chi connectivity index (χ0n) is 29.9. The summed E-state index contributed by atoms with van der Waals surface area (Å²) in [6, 6.07) is 0. The second kappa shape index (κ2) is 10.6. The van der Waals surface area contributed by atoms with Gasteiger partial charge < -0.3 is 5.11 Å². The van der Waals surface area contributed by atoms with Gasteiger partial charge in [-0.1, -0.05) is 57.8 Å². The molecule has 14 heavy (non-hydrogen) atoms. The summed E-state index contributed by atoms with van der Waals surface area (Å²) in [7, 11) is 0. The quantitative estimate of drug-likeness (QED) is 0.608. The Hall–Kier alpha value is -0.530. The lowest BCUT2D eigenvalue weighted by Gasteiger charge is -2.00. The SMILES string of the molecule is [2H]C([2H])([2H])C([2H])([2H])C([2H])([2H])C([2H])([2H])C([2H])([2H])C([2H])([2H])C([2H])([2H])C([2H])([2H])C([2H])([2H])C([2H])([2H])C([2H])([2H])C(=O)O. The molecule has 0 aliphatic rings. The van der Waals surface area contributed by atoms with Crippen LogP contribution in [-0.2, 0) is 4.79 Å². The first-order valence-corrected chi connectivity index (χ1v) is 3.18. The number of rotatable bonds is 10. The second-order valence-corrected chi connectivity index (χ2v) is 1.56. The summed E-state index contributed by atoms with van der Waals surface area (Å²) in [5, 5.41) is 8.93. The van der Waals surface area contributed by atoms with Crippen molar-refractivity contribution >= 4 is 5.97 Å². The van der Waals surface area contributed by atoms with Crippen LogP contribution in [0.4, 0.5) is 0 Å². The Labute approximate surface area is 120 Å². The van der Waals surface area contributed by atoms with Gasteiger partial charge in [-0.25, -0.2) is 0 Å². The number of carboxylic acid groups (broad SMARTS) is 1. The van der Waals surface area contributed by atoms with E-state index in [0.29, 0.717) is 0 Å². The van der Waals surface area contributed by atoms with E-state index < -0.39 is 76.6 Å². The summed E-state index contributed by atoms with van der Waals surface area (Å²) in [4.78, 5) is 11.2. The van der Waals surface area contributed by atoms with Crippen molar-refractivity contribution < 1.29 is 41.4 Å². The maximum Gasteiger partial charge on any atom is 0.303 e. The van der Waals surface area contributed by atoms with Crippen molar-refractivity contribution in [3.63, 3.8) is 0 Å². The number of hydrogen-bond acceptors (Lipinski definition) is 1. The van der Waals surface area contributed by atoms with E-state index in [1.165, 1.54) is 0 Å². The first kappa shape index (κ1) is 1.66. The van der Waals surface area contributed by atoms with Gasteiger partial charge in [0.05, 0.1) is 0 Å². The van der Waals surface area contributed by atoms with Gasteiger partial charge in [0.1, 0.15) is 0 Å². The van der Waals surface area contributed by atoms with Gasteiger partial charge in [0.15, 0.2) is 0 Å². The normalized spacial score (nSPS) is 45.9. The lowest BCUT2D eigenvalue weighted by atomic mass is 10.1. The molecule has 84 valence electrons. The summed E-state index contributed by atoms with van der Waals surface area (Å²) < 4.78 is 176. The van der Waals surface area contributed by atoms with Gasteiger partial charge in [-0.15, -0.1) is 0 Å². The Morgan fingerprint density at radius 2 is 1.57 bits per heavy atom. The van der Waals surface area contributed by atoms with Crippen molar-refractivity contribution in [2.45, 2.75) is 70.6 Å². The average Bonchev–Trinajstić information content (AvgIpc) is 2.65. The molecule has 0 aliphatic heterocycles. The fourth-order valence-corrected chi connectivity index (χ4v) is 0.303. The minimum atomic E-state index is -4.80. The van der Waals surface area contributed by atoms with E-state index >= 15 is 0 Å². The van der Waals surface area contributed by atoms with Gasteiger partial charge in [0.2, 0.25) is 0 Å². The zero-order valence-corrected chi connectivity index (χ0v) is 6.86. The van der Waals surface area contributed by atoms with Crippen molar-refractivity contribution in [1.82, 2.24) is 0 Å². The molecule has 0 unspecified atom stereocenters. The molecule has 0 aliphatic carbocycles. The van der Waals surface area contributed by atoms with Crippen LogP contribution in [0.2, 0.25) is 0 Å². The summed E-state index contributed by atoms with van der Waals surface area (Å²) in [5.41, 5.74) is 0. The molecule has 0 saturated heterocycles. The van der Waals surface area contributed by atoms with Gasteiger partial charge in [0.25, 0.3) is 0 Å². The van der Waals surface area contributed by atoms with E-state index in [0.717, 1.165) is 0 Å². The van der Waals surface area contributed by atoms with Crippen LogP contribution in [0.1, 0.15) is 102 Å². The highest BCUT2D eigenvalue weighted by Crippen LogP contribution is 2.10. The van der Waals surface area contributed by atoms with Crippen molar-refractivity contribution in [2.75, 3.05) is 0 Å². The lowest BCUT2D eigenvalue weighted by Crippen LogP contribution is -1.93. The maximum atomic E-state index is 11.2. The molecule has 0 bridgehead atoms. The summed E-state index contributed by atoms with van der Waals surface area (Å²) in [6.45, 7) is -3.99. The van der Waals surface area contributed by atoms with Gasteiger partial charge >= 0.3 is 5.97 Å². The van der Waals surface area contributed by atoms with Crippen LogP contribution < -0.4 is 0 Å².